The molecule has 0 spiro atoms. The second-order valence-electron chi connectivity index (χ2n) is 5.99. The van der Waals surface area contributed by atoms with Gasteiger partial charge in [-0.05, 0) is 57.7 Å². The van der Waals surface area contributed by atoms with Crippen molar-refractivity contribution < 1.29 is 8.78 Å². The van der Waals surface area contributed by atoms with Crippen molar-refractivity contribution in [3.05, 3.63) is 35.4 Å². The fourth-order valence-corrected chi connectivity index (χ4v) is 1.73. The zero-order valence-corrected chi connectivity index (χ0v) is 11.7. The minimum Gasteiger partial charge on any atom is -0.312 e. The van der Waals surface area contributed by atoms with Crippen LogP contribution >= 0.6 is 0 Å². The molecule has 0 aliphatic carbocycles. The molecule has 1 aromatic carbocycles. The zero-order chi connectivity index (χ0) is 13.8. The molecule has 18 heavy (non-hydrogen) atoms. The summed E-state index contributed by atoms with van der Waals surface area (Å²) in [6.45, 7) is 9.36. The molecule has 0 fully saturated rings. The molecule has 1 atom stereocenters. The van der Waals surface area contributed by atoms with Gasteiger partial charge in [0, 0.05) is 5.54 Å². The molecular weight excluding hydrogens is 232 g/mol. The Bertz CT molecular complexity index is 383. The molecule has 1 unspecified atom stereocenters. The van der Waals surface area contributed by atoms with E-state index in [0.29, 0.717) is 17.9 Å². The van der Waals surface area contributed by atoms with E-state index in [9.17, 15) is 8.78 Å². The van der Waals surface area contributed by atoms with Gasteiger partial charge in [0.1, 0.15) is 0 Å². The number of benzene rings is 1. The molecule has 0 aliphatic heterocycles. The first-order chi connectivity index (χ1) is 8.29. The molecule has 1 rings (SSSR count). The van der Waals surface area contributed by atoms with Crippen LogP contribution in [-0.4, -0.2) is 12.1 Å². The number of aryl methyl sites for hydroxylation is 1. The van der Waals surface area contributed by atoms with E-state index < -0.39 is 11.6 Å². The minimum atomic E-state index is -0.757. The fourth-order valence-electron chi connectivity index (χ4n) is 1.73. The van der Waals surface area contributed by atoms with Crippen molar-refractivity contribution in [2.75, 3.05) is 6.54 Å². The molecule has 0 saturated carbocycles. The molecule has 0 aliphatic rings. The lowest BCUT2D eigenvalue weighted by Gasteiger charge is -2.23. The molecular formula is C15H23F2N. The van der Waals surface area contributed by atoms with E-state index >= 15 is 0 Å². The van der Waals surface area contributed by atoms with Crippen LogP contribution in [0.3, 0.4) is 0 Å². The monoisotopic (exact) mass is 255 g/mol. The second-order valence-corrected chi connectivity index (χ2v) is 5.99. The van der Waals surface area contributed by atoms with Gasteiger partial charge in [-0.25, -0.2) is 8.78 Å². The van der Waals surface area contributed by atoms with Crippen molar-refractivity contribution in [2.24, 2.45) is 5.92 Å². The molecule has 0 radical (unpaired) electrons. The van der Waals surface area contributed by atoms with E-state index in [-0.39, 0.29) is 5.54 Å². The Labute approximate surface area is 109 Å². The summed E-state index contributed by atoms with van der Waals surface area (Å²) < 4.78 is 26.5. The van der Waals surface area contributed by atoms with Gasteiger partial charge in [-0.3, -0.25) is 0 Å². The summed E-state index contributed by atoms with van der Waals surface area (Å²) in [6, 6.07) is 4.37. The summed E-state index contributed by atoms with van der Waals surface area (Å²) in [6.07, 6.45) is 1.43. The van der Waals surface area contributed by atoms with E-state index in [1.54, 1.807) is 12.1 Å². The van der Waals surface area contributed by atoms with Gasteiger partial charge >= 0.3 is 0 Å². The predicted octanol–water partition coefficient (Wildman–Crippen LogP) is 3.92. The number of hydrogen-bond acceptors (Lipinski definition) is 1. The Morgan fingerprint density at radius 2 is 1.89 bits per heavy atom. The van der Waals surface area contributed by atoms with Crippen molar-refractivity contribution in [3.63, 3.8) is 0 Å². The van der Waals surface area contributed by atoms with Crippen molar-refractivity contribution in [1.82, 2.24) is 5.32 Å². The van der Waals surface area contributed by atoms with Crippen LogP contribution in [0.1, 0.15) is 39.7 Å². The molecule has 0 aromatic heterocycles. The average Bonchev–Trinajstić information content (AvgIpc) is 2.27. The van der Waals surface area contributed by atoms with E-state index in [0.717, 1.165) is 19.0 Å². The molecule has 0 bridgehead atoms. The number of nitrogens with one attached hydrogen (secondary N) is 1. The van der Waals surface area contributed by atoms with Crippen molar-refractivity contribution in [3.8, 4) is 0 Å². The van der Waals surface area contributed by atoms with Gasteiger partial charge in [-0.1, -0.05) is 19.1 Å². The summed E-state index contributed by atoms with van der Waals surface area (Å²) in [4.78, 5) is 0. The molecule has 102 valence electrons. The number of hydrogen-bond donors (Lipinski definition) is 1. The summed E-state index contributed by atoms with van der Waals surface area (Å²) in [5, 5.41) is 3.42. The lowest BCUT2D eigenvalue weighted by Crippen LogP contribution is -2.38. The van der Waals surface area contributed by atoms with Gasteiger partial charge in [-0.15, -0.1) is 0 Å². The highest BCUT2D eigenvalue weighted by Crippen LogP contribution is 2.16. The van der Waals surface area contributed by atoms with Crippen LogP contribution in [0, 0.1) is 17.6 Å². The third-order valence-electron chi connectivity index (χ3n) is 2.92. The maximum Gasteiger partial charge on any atom is 0.162 e. The normalized spacial score (nSPS) is 13.7. The summed E-state index contributed by atoms with van der Waals surface area (Å²) in [5.41, 5.74) is 0.566. The third-order valence-corrected chi connectivity index (χ3v) is 2.92. The molecule has 1 N–H and O–H groups in total. The first-order valence-electron chi connectivity index (χ1n) is 6.47. The van der Waals surface area contributed by atoms with Crippen LogP contribution in [0.2, 0.25) is 0 Å². The second kappa shape index (κ2) is 6.28. The first-order valence-corrected chi connectivity index (χ1v) is 6.47. The maximum atomic E-state index is 13.4. The highest BCUT2D eigenvalue weighted by molar-refractivity contribution is 5.19. The van der Waals surface area contributed by atoms with Crippen molar-refractivity contribution >= 4 is 0 Å². The highest BCUT2D eigenvalue weighted by atomic mass is 19.2. The van der Waals surface area contributed by atoms with Gasteiger partial charge in [0.2, 0.25) is 0 Å². The van der Waals surface area contributed by atoms with E-state index in [2.05, 4.69) is 33.0 Å². The molecule has 0 saturated heterocycles. The van der Waals surface area contributed by atoms with E-state index in [1.165, 1.54) is 0 Å². The van der Waals surface area contributed by atoms with Gasteiger partial charge in [0.15, 0.2) is 11.6 Å². The van der Waals surface area contributed by atoms with Crippen LogP contribution < -0.4 is 5.32 Å². The summed E-state index contributed by atoms with van der Waals surface area (Å²) in [7, 11) is 0. The molecule has 0 amide bonds. The van der Waals surface area contributed by atoms with Crippen molar-refractivity contribution in [2.45, 2.75) is 46.1 Å². The fraction of sp³-hybridized carbons (Fsp3) is 0.600. The Balaban J connectivity index is 2.43. The molecule has 1 aromatic rings. The third kappa shape index (κ3) is 5.13. The Hall–Kier alpha value is -0.960. The Morgan fingerprint density at radius 3 is 2.50 bits per heavy atom. The van der Waals surface area contributed by atoms with Crippen LogP contribution in [0.5, 0.6) is 0 Å². The lowest BCUT2D eigenvalue weighted by atomic mass is 9.99. The quantitative estimate of drug-likeness (QED) is 0.841. The molecule has 3 heteroatoms. The van der Waals surface area contributed by atoms with Crippen LogP contribution in [-0.2, 0) is 6.42 Å². The average molecular weight is 255 g/mol. The number of rotatable bonds is 5. The SMILES string of the molecule is CC(CCc1cccc(F)c1F)CNC(C)(C)C. The zero-order valence-electron chi connectivity index (χ0n) is 11.7. The van der Waals surface area contributed by atoms with E-state index in [1.807, 2.05) is 0 Å². The van der Waals surface area contributed by atoms with E-state index in [4.69, 9.17) is 0 Å². The molecule has 1 nitrogen and oxygen atoms in total. The van der Waals surface area contributed by atoms with Crippen LogP contribution in [0.4, 0.5) is 8.78 Å². The van der Waals surface area contributed by atoms with Crippen molar-refractivity contribution in [1.29, 1.82) is 0 Å². The first kappa shape index (κ1) is 15.1. The van der Waals surface area contributed by atoms with Crippen LogP contribution in [0.15, 0.2) is 18.2 Å². The van der Waals surface area contributed by atoms with Crippen LogP contribution in [0.25, 0.3) is 0 Å². The van der Waals surface area contributed by atoms with Gasteiger partial charge in [0.05, 0.1) is 0 Å². The predicted molar refractivity (Wildman–Crippen MR) is 71.6 cm³/mol. The summed E-state index contributed by atoms with van der Waals surface area (Å²) in [5.74, 6) is -1.02. The molecule has 0 heterocycles. The highest BCUT2D eigenvalue weighted by Gasteiger charge is 2.12. The number of halogens is 2. The van der Waals surface area contributed by atoms with Gasteiger partial charge in [0.25, 0.3) is 0 Å². The topological polar surface area (TPSA) is 12.0 Å². The lowest BCUT2D eigenvalue weighted by molar-refractivity contribution is 0.371. The summed E-state index contributed by atoms with van der Waals surface area (Å²) >= 11 is 0. The minimum absolute atomic E-state index is 0.0956. The largest absolute Gasteiger partial charge is 0.312 e. The Morgan fingerprint density at radius 1 is 1.22 bits per heavy atom. The Kier molecular flexibility index (Phi) is 5.27. The standard InChI is InChI=1S/C15H23F2N/c1-11(10-18-15(2,3)4)8-9-12-6-5-7-13(16)14(12)17/h5-7,11,18H,8-10H2,1-4H3. The maximum absolute atomic E-state index is 13.4. The van der Waals surface area contributed by atoms with Gasteiger partial charge < -0.3 is 5.32 Å². The van der Waals surface area contributed by atoms with Gasteiger partial charge in [-0.2, -0.15) is 0 Å². The smallest absolute Gasteiger partial charge is 0.162 e.